The first-order chi connectivity index (χ1) is 7.35. The molecule has 1 atom stereocenters. The van der Waals surface area contributed by atoms with Gasteiger partial charge in [0.25, 0.3) is 0 Å². The van der Waals surface area contributed by atoms with E-state index in [0.29, 0.717) is 5.41 Å². The first kappa shape index (κ1) is 14.0. The molecule has 0 amide bonds. The van der Waals surface area contributed by atoms with Crippen molar-refractivity contribution in [3.8, 4) is 0 Å². The maximum absolute atomic E-state index is 6.05. The molecule has 16 heavy (non-hydrogen) atoms. The van der Waals surface area contributed by atoms with Crippen LogP contribution in [0.5, 0.6) is 0 Å². The molecule has 1 aliphatic heterocycles. The van der Waals surface area contributed by atoms with Crippen LogP contribution in [-0.4, -0.2) is 30.6 Å². The van der Waals surface area contributed by atoms with Crippen molar-refractivity contribution in [2.75, 3.05) is 19.6 Å². The maximum atomic E-state index is 6.05. The normalized spacial score (nSPS) is 23.6. The highest BCUT2D eigenvalue weighted by molar-refractivity contribution is 4.91. The zero-order valence-electron chi connectivity index (χ0n) is 11.8. The predicted molar refractivity (Wildman–Crippen MR) is 71.5 cm³/mol. The van der Waals surface area contributed by atoms with Crippen LogP contribution in [0.25, 0.3) is 0 Å². The molecule has 2 heteroatoms. The Hall–Kier alpha value is -0.0800. The van der Waals surface area contributed by atoms with E-state index in [-0.39, 0.29) is 11.5 Å². The van der Waals surface area contributed by atoms with Gasteiger partial charge >= 0.3 is 0 Å². The molecule has 0 radical (unpaired) electrons. The van der Waals surface area contributed by atoms with Crippen LogP contribution in [0.15, 0.2) is 0 Å². The largest absolute Gasteiger partial charge is 0.327 e. The van der Waals surface area contributed by atoms with E-state index in [2.05, 4.69) is 39.5 Å². The van der Waals surface area contributed by atoms with E-state index in [4.69, 9.17) is 5.73 Å². The Morgan fingerprint density at radius 3 is 2.25 bits per heavy atom. The van der Waals surface area contributed by atoms with Crippen molar-refractivity contribution < 1.29 is 0 Å². The summed E-state index contributed by atoms with van der Waals surface area (Å²) in [5, 5.41) is 0. The third-order valence-electron chi connectivity index (χ3n) is 4.88. The maximum Gasteiger partial charge on any atom is 0.00739 e. The minimum atomic E-state index is 0.234. The lowest BCUT2D eigenvalue weighted by Gasteiger charge is -2.34. The van der Waals surface area contributed by atoms with Gasteiger partial charge in [-0.2, -0.15) is 0 Å². The monoisotopic (exact) mass is 226 g/mol. The Kier molecular flexibility index (Phi) is 4.42. The van der Waals surface area contributed by atoms with Crippen molar-refractivity contribution in [1.29, 1.82) is 0 Å². The topological polar surface area (TPSA) is 29.3 Å². The van der Waals surface area contributed by atoms with Gasteiger partial charge in [-0.15, -0.1) is 0 Å². The highest BCUT2D eigenvalue weighted by Crippen LogP contribution is 2.38. The van der Waals surface area contributed by atoms with Gasteiger partial charge in [0.15, 0.2) is 0 Å². The highest BCUT2D eigenvalue weighted by Gasteiger charge is 2.37. The first-order valence-corrected chi connectivity index (χ1v) is 6.83. The predicted octanol–water partition coefficient (Wildman–Crippen LogP) is 2.87. The smallest absolute Gasteiger partial charge is 0.00739 e. The summed E-state index contributed by atoms with van der Waals surface area (Å²) in [4.78, 5) is 2.62. The van der Waals surface area contributed by atoms with Crippen LogP contribution >= 0.6 is 0 Å². The van der Waals surface area contributed by atoms with Crippen molar-refractivity contribution in [3.05, 3.63) is 0 Å². The van der Waals surface area contributed by atoms with E-state index in [1.165, 1.54) is 32.4 Å². The molecule has 2 nitrogen and oxygen atoms in total. The molecule has 1 rings (SSSR count). The van der Waals surface area contributed by atoms with Crippen LogP contribution in [0, 0.1) is 10.8 Å². The zero-order chi connectivity index (χ0) is 12.4. The molecule has 1 heterocycles. The summed E-state index contributed by atoms with van der Waals surface area (Å²) in [6.07, 6.45) is 4.01. The van der Waals surface area contributed by atoms with Crippen LogP contribution < -0.4 is 5.73 Å². The summed E-state index contributed by atoms with van der Waals surface area (Å²) in [6, 6.07) is 0.269. The molecule has 0 aromatic carbocycles. The average molecular weight is 226 g/mol. The summed E-state index contributed by atoms with van der Waals surface area (Å²) in [5.74, 6) is 0. The number of nitrogens with two attached hydrogens (primary N) is 1. The summed E-state index contributed by atoms with van der Waals surface area (Å²) < 4.78 is 0. The van der Waals surface area contributed by atoms with E-state index >= 15 is 0 Å². The molecule has 1 saturated heterocycles. The van der Waals surface area contributed by atoms with Gasteiger partial charge in [0.2, 0.25) is 0 Å². The van der Waals surface area contributed by atoms with E-state index < -0.39 is 0 Å². The lowest BCUT2D eigenvalue weighted by Crippen LogP contribution is -2.44. The Morgan fingerprint density at radius 2 is 1.88 bits per heavy atom. The Labute approximate surface area is 102 Å². The van der Waals surface area contributed by atoms with Crippen molar-refractivity contribution in [3.63, 3.8) is 0 Å². The summed E-state index contributed by atoms with van der Waals surface area (Å²) >= 11 is 0. The van der Waals surface area contributed by atoms with E-state index in [1.54, 1.807) is 0 Å². The standard InChI is InChI=1S/C14H30N2/c1-6-14(7-2)8-9-16(11-14)10-13(4,5)12(3)15/h12H,6-11,15H2,1-5H3. The molecule has 0 aliphatic carbocycles. The lowest BCUT2D eigenvalue weighted by atomic mass is 9.81. The van der Waals surface area contributed by atoms with Crippen LogP contribution in [0.1, 0.15) is 53.9 Å². The molecular weight excluding hydrogens is 196 g/mol. The summed E-state index contributed by atoms with van der Waals surface area (Å²) in [6.45, 7) is 15.1. The SMILES string of the molecule is CCC1(CC)CCN(CC(C)(C)C(C)N)C1. The fraction of sp³-hybridized carbons (Fsp3) is 1.00. The van der Waals surface area contributed by atoms with Gasteiger partial charge in [0.05, 0.1) is 0 Å². The fourth-order valence-electron chi connectivity index (χ4n) is 2.71. The molecule has 1 unspecified atom stereocenters. The molecule has 1 fully saturated rings. The molecular formula is C14H30N2. The van der Waals surface area contributed by atoms with Crippen LogP contribution in [0.2, 0.25) is 0 Å². The van der Waals surface area contributed by atoms with Gasteiger partial charge in [-0.1, -0.05) is 27.7 Å². The minimum absolute atomic E-state index is 0.234. The van der Waals surface area contributed by atoms with Crippen LogP contribution in [0.4, 0.5) is 0 Å². The number of nitrogens with zero attached hydrogens (tertiary/aromatic N) is 1. The molecule has 0 saturated carbocycles. The van der Waals surface area contributed by atoms with E-state index in [0.717, 1.165) is 6.54 Å². The Bertz CT molecular complexity index is 217. The number of rotatable bonds is 5. The van der Waals surface area contributed by atoms with Gasteiger partial charge in [0.1, 0.15) is 0 Å². The molecule has 0 bridgehead atoms. The zero-order valence-corrected chi connectivity index (χ0v) is 11.8. The van der Waals surface area contributed by atoms with Crippen molar-refractivity contribution >= 4 is 0 Å². The van der Waals surface area contributed by atoms with Gasteiger partial charge in [-0.25, -0.2) is 0 Å². The Balaban J connectivity index is 2.54. The molecule has 2 N–H and O–H groups in total. The molecule has 1 aliphatic rings. The van der Waals surface area contributed by atoms with Gasteiger partial charge in [-0.05, 0) is 43.6 Å². The molecule has 0 aromatic heterocycles. The van der Waals surface area contributed by atoms with Crippen molar-refractivity contribution in [2.24, 2.45) is 16.6 Å². The first-order valence-electron chi connectivity index (χ1n) is 6.83. The van der Waals surface area contributed by atoms with Crippen LogP contribution in [0.3, 0.4) is 0 Å². The lowest BCUT2D eigenvalue weighted by molar-refractivity contribution is 0.160. The number of likely N-dealkylation sites (tertiary alicyclic amines) is 1. The molecule has 96 valence electrons. The number of hydrogen-bond donors (Lipinski definition) is 1. The van der Waals surface area contributed by atoms with E-state index in [1.807, 2.05) is 0 Å². The quantitative estimate of drug-likeness (QED) is 0.781. The summed E-state index contributed by atoms with van der Waals surface area (Å²) in [7, 11) is 0. The Morgan fingerprint density at radius 1 is 1.31 bits per heavy atom. The van der Waals surface area contributed by atoms with Gasteiger partial charge in [0, 0.05) is 19.1 Å². The van der Waals surface area contributed by atoms with Crippen LogP contribution in [-0.2, 0) is 0 Å². The average Bonchev–Trinajstić information content (AvgIpc) is 2.61. The second-order valence-electron chi connectivity index (χ2n) is 6.45. The van der Waals surface area contributed by atoms with Crippen molar-refractivity contribution in [1.82, 2.24) is 4.90 Å². The van der Waals surface area contributed by atoms with E-state index in [9.17, 15) is 0 Å². The van der Waals surface area contributed by atoms with Gasteiger partial charge in [-0.3, -0.25) is 0 Å². The second-order valence-corrected chi connectivity index (χ2v) is 6.45. The third kappa shape index (κ3) is 2.98. The second kappa shape index (κ2) is 5.05. The number of hydrogen-bond acceptors (Lipinski definition) is 2. The van der Waals surface area contributed by atoms with Gasteiger partial charge < -0.3 is 10.6 Å². The molecule has 0 aromatic rings. The third-order valence-corrected chi connectivity index (χ3v) is 4.88. The fourth-order valence-corrected chi connectivity index (χ4v) is 2.71. The highest BCUT2D eigenvalue weighted by atomic mass is 15.2. The molecule has 0 spiro atoms. The van der Waals surface area contributed by atoms with Crippen molar-refractivity contribution in [2.45, 2.75) is 59.9 Å². The summed E-state index contributed by atoms with van der Waals surface area (Å²) in [5.41, 5.74) is 6.88. The minimum Gasteiger partial charge on any atom is -0.327 e.